The number of hydrogen-bond acceptors (Lipinski definition) is 3. The number of nitrogens with zero attached hydrogens (tertiary/aromatic N) is 2. The molecular weight excluding hydrogens is 296 g/mol. The van der Waals surface area contributed by atoms with Crippen molar-refractivity contribution >= 4 is 21.6 Å². The van der Waals surface area contributed by atoms with E-state index in [1.54, 1.807) is 4.31 Å². The summed E-state index contributed by atoms with van der Waals surface area (Å²) in [7, 11) is -3.44. The van der Waals surface area contributed by atoms with Crippen molar-refractivity contribution in [2.75, 3.05) is 13.1 Å². The minimum Gasteiger partial charge on any atom is -0.244 e. The first-order chi connectivity index (χ1) is 9.54. The molecule has 2 rings (SSSR count). The second kappa shape index (κ2) is 6.87. The van der Waals surface area contributed by atoms with E-state index in [0.29, 0.717) is 19.0 Å². The predicted octanol–water partition coefficient (Wildman–Crippen LogP) is 3.33. The molecule has 0 bridgehead atoms. The lowest BCUT2D eigenvalue weighted by Gasteiger charge is -2.20. The van der Waals surface area contributed by atoms with Crippen LogP contribution >= 0.6 is 11.6 Å². The van der Waals surface area contributed by atoms with Crippen molar-refractivity contribution in [3.63, 3.8) is 0 Å². The van der Waals surface area contributed by atoms with Gasteiger partial charge < -0.3 is 0 Å². The molecule has 0 amide bonds. The first kappa shape index (κ1) is 15.7. The molecule has 0 saturated carbocycles. The van der Waals surface area contributed by atoms with Crippen molar-refractivity contribution in [3.05, 3.63) is 23.5 Å². The van der Waals surface area contributed by atoms with Gasteiger partial charge in [0.05, 0.1) is 4.90 Å². The summed E-state index contributed by atoms with van der Waals surface area (Å²) in [6, 6.07) is 2.93. The number of sulfonamides is 1. The highest BCUT2D eigenvalue weighted by atomic mass is 35.5. The zero-order valence-electron chi connectivity index (χ0n) is 11.8. The van der Waals surface area contributed by atoms with Crippen molar-refractivity contribution < 1.29 is 8.42 Å². The van der Waals surface area contributed by atoms with E-state index in [1.807, 2.05) is 0 Å². The van der Waals surface area contributed by atoms with E-state index in [4.69, 9.17) is 11.6 Å². The highest BCUT2D eigenvalue weighted by Gasteiger charge is 2.27. The van der Waals surface area contributed by atoms with Crippen LogP contribution in [0.5, 0.6) is 0 Å². The number of pyridine rings is 1. The lowest BCUT2D eigenvalue weighted by Crippen LogP contribution is -2.32. The van der Waals surface area contributed by atoms with Crippen molar-refractivity contribution in [1.82, 2.24) is 9.29 Å². The fraction of sp³-hybridized carbons (Fsp3) is 0.643. The highest BCUT2D eigenvalue weighted by Crippen LogP contribution is 2.26. The molecule has 6 heteroatoms. The molecule has 1 unspecified atom stereocenters. The maximum Gasteiger partial charge on any atom is 0.243 e. The summed E-state index contributed by atoms with van der Waals surface area (Å²) in [6.45, 7) is 3.38. The van der Waals surface area contributed by atoms with Crippen LogP contribution < -0.4 is 0 Å². The van der Waals surface area contributed by atoms with Crippen LogP contribution in [0.1, 0.15) is 39.0 Å². The summed E-state index contributed by atoms with van der Waals surface area (Å²) in [6.07, 6.45) is 6.80. The van der Waals surface area contributed by atoms with Gasteiger partial charge in [-0.15, -0.1) is 0 Å². The maximum atomic E-state index is 12.6. The third-order valence-corrected chi connectivity index (χ3v) is 5.94. The SMILES string of the molecule is CCCC1CCCN(S(=O)(=O)c2ccnc(Cl)c2)CC1. The molecule has 0 aromatic carbocycles. The van der Waals surface area contributed by atoms with Crippen LogP contribution in [0.3, 0.4) is 0 Å². The fourth-order valence-electron chi connectivity index (χ4n) is 2.77. The fourth-order valence-corrected chi connectivity index (χ4v) is 4.52. The van der Waals surface area contributed by atoms with Crippen LogP contribution in [0.4, 0.5) is 0 Å². The monoisotopic (exact) mass is 316 g/mol. The molecule has 1 aromatic heterocycles. The zero-order chi connectivity index (χ0) is 14.6. The van der Waals surface area contributed by atoms with E-state index in [1.165, 1.54) is 24.8 Å². The molecule has 4 nitrogen and oxygen atoms in total. The van der Waals surface area contributed by atoms with Gasteiger partial charge in [-0.1, -0.05) is 31.4 Å². The van der Waals surface area contributed by atoms with Crippen molar-refractivity contribution in [3.8, 4) is 0 Å². The Balaban J connectivity index is 2.14. The van der Waals surface area contributed by atoms with Crippen LogP contribution in [0, 0.1) is 5.92 Å². The van der Waals surface area contributed by atoms with Gasteiger partial charge in [0.25, 0.3) is 0 Å². The molecule has 0 radical (unpaired) electrons. The van der Waals surface area contributed by atoms with Crippen molar-refractivity contribution in [2.24, 2.45) is 5.92 Å². The van der Waals surface area contributed by atoms with Gasteiger partial charge in [0, 0.05) is 19.3 Å². The van der Waals surface area contributed by atoms with Crippen molar-refractivity contribution in [2.45, 2.75) is 43.9 Å². The summed E-state index contributed by atoms with van der Waals surface area (Å²) in [5, 5.41) is 0.213. The first-order valence-corrected chi connectivity index (χ1v) is 8.97. The van der Waals surface area contributed by atoms with E-state index in [2.05, 4.69) is 11.9 Å². The number of halogens is 1. The first-order valence-electron chi connectivity index (χ1n) is 7.15. The largest absolute Gasteiger partial charge is 0.244 e. The van der Waals surface area contributed by atoms with E-state index >= 15 is 0 Å². The minimum absolute atomic E-state index is 0.213. The lowest BCUT2D eigenvalue weighted by atomic mass is 9.96. The molecule has 1 aliphatic rings. The van der Waals surface area contributed by atoms with Crippen LogP contribution in [0.25, 0.3) is 0 Å². The van der Waals surface area contributed by atoms with Crippen LogP contribution in [0.2, 0.25) is 5.15 Å². The number of aromatic nitrogens is 1. The molecule has 1 saturated heterocycles. The Hall–Kier alpha value is -0.650. The Bertz CT molecular complexity index is 548. The predicted molar refractivity (Wildman–Crippen MR) is 80.3 cm³/mol. The zero-order valence-corrected chi connectivity index (χ0v) is 13.3. The molecule has 1 atom stereocenters. The quantitative estimate of drug-likeness (QED) is 0.801. The molecule has 0 aliphatic carbocycles. The summed E-state index contributed by atoms with van der Waals surface area (Å²) in [4.78, 5) is 4.08. The average Bonchev–Trinajstić information content (AvgIpc) is 2.65. The molecule has 0 N–H and O–H groups in total. The number of hydrogen-bond donors (Lipinski definition) is 0. The normalized spacial score (nSPS) is 21.6. The lowest BCUT2D eigenvalue weighted by molar-refractivity contribution is 0.400. The minimum atomic E-state index is -3.44. The summed E-state index contributed by atoms with van der Waals surface area (Å²) >= 11 is 5.79. The highest BCUT2D eigenvalue weighted by molar-refractivity contribution is 7.89. The second-order valence-corrected chi connectivity index (χ2v) is 7.63. The van der Waals surface area contributed by atoms with E-state index < -0.39 is 10.0 Å². The molecule has 1 aromatic rings. The Morgan fingerprint density at radius 1 is 1.40 bits per heavy atom. The molecule has 0 spiro atoms. The second-order valence-electron chi connectivity index (χ2n) is 5.30. The maximum absolute atomic E-state index is 12.6. The average molecular weight is 317 g/mol. The van der Waals surface area contributed by atoms with Gasteiger partial charge in [-0.25, -0.2) is 13.4 Å². The molecule has 20 heavy (non-hydrogen) atoms. The smallest absolute Gasteiger partial charge is 0.243 e. The summed E-state index contributed by atoms with van der Waals surface area (Å²) in [5.74, 6) is 0.654. The Labute approximate surface area is 126 Å². The Kier molecular flexibility index (Phi) is 5.41. The molecule has 2 heterocycles. The van der Waals surface area contributed by atoms with Crippen LogP contribution in [0.15, 0.2) is 23.2 Å². The third-order valence-electron chi connectivity index (χ3n) is 3.84. The third kappa shape index (κ3) is 3.71. The van der Waals surface area contributed by atoms with Crippen LogP contribution in [-0.4, -0.2) is 30.8 Å². The van der Waals surface area contributed by atoms with Crippen molar-refractivity contribution in [1.29, 1.82) is 0 Å². The standard InChI is InChI=1S/C14H21ClN2O2S/c1-2-4-12-5-3-9-17(10-7-12)20(18,19)13-6-8-16-14(15)11-13/h6,8,11-12H,2-5,7,9-10H2,1H3. The molecule has 112 valence electrons. The van der Waals surface area contributed by atoms with Crippen LogP contribution in [-0.2, 0) is 10.0 Å². The van der Waals surface area contributed by atoms with E-state index in [0.717, 1.165) is 25.7 Å². The van der Waals surface area contributed by atoms with Gasteiger partial charge >= 0.3 is 0 Å². The van der Waals surface area contributed by atoms with Gasteiger partial charge in [-0.2, -0.15) is 4.31 Å². The van der Waals surface area contributed by atoms with Gasteiger partial charge in [0.15, 0.2) is 0 Å². The molecule has 1 fully saturated rings. The molecule has 1 aliphatic heterocycles. The van der Waals surface area contributed by atoms with Gasteiger partial charge in [-0.05, 0) is 37.3 Å². The van der Waals surface area contributed by atoms with Gasteiger partial charge in [0.2, 0.25) is 10.0 Å². The van der Waals surface area contributed by atoms with E-state index in [9.17, 15) is 8.42 Å². The topological polar surface area (TPSA) is 50.3 Å². The Morgan fingerprint density at radius 3 is 2.90 bits per heavy atom. The van der Waals surface area contributed by atoms with E-state index in [-0.39, 0.29) is 10.0 Å². The summed E-state index contributed by atoms with van der Waals surface area (Å²) < 4.78 is 26.8. The molecular formula is C14H21ClN2O2S. The number of rotatable bonds is 4. The Morgan fingerprint density at radius 2 is 2.20 bits per heavy atom. The summed E-state index contributed by atoms with van der Waals surface area (Å²) in [5.41, 5.74) is 0. The van der Waals surface area contributed by atoms with Gasteiger partial charge in [-0.3, -0.25) is 0 Å². The van der Waals surface area contributed by atoms with Gasteiger partial charge in [0.1, 0.15) is 5.15 Å².